The van der Waals surface area contributed by atoms with Crippen molar-refractivity contribution in [2.45, 2.75) is 18.9 Å². The zero-order valence-electron chi connectivity index (χ0n) is 10.2. The number of hydrogen-bond donors (Lipinski definition) is 2. The average molecular weight is 266 g/mol. The van der Waals surface area contributed by atoms with E-state index in [1.54, 1.807) is 0 Å². The minimum atomic E-state index is -0.970. The number of rotatable bonds is 6. The standard InChI is InChI=1S/C12H14N2O5/c15-12(16)6-8-1-2-11(14(17)18)10(5-8)13-7-9-3-4-19-9/h1-2,5,9,13H,3-4,6-7H2,(H,15,16). The zero-order valence-corrected chi connectivity index (χ0v) is 10.2. The van der Waals surface area contributed by atoms with E-state index in [4.69, 9.17) is 9.84 Å². The molecule has 1 fully saturated rings. The minimum Gasteiger partial charge on any atom is -0.481 e. The van der Waals surface area contributed by atoms with Crippen LogP contribution in [0.25, 0.3) is 0 Å². The Bertz CT molecular complexity index is 499. The Morgan fingerprint density at radius 1 is 1.58 bits per heavy atom. The van der Waals surface area contributed by atoms with Gasteiger partial charge in [-0.05, 0) is 18.1 Å². The van der Waals surface area contributed by atoms with Gasteiger partial charge in [0.15, 0.2) is 0 Å². The molecular formula is C12H14N2O5. The Morgan fingerprint density at radius 2 is 2.32 bits per heavy atom. The number of carboxylic acid groups (broad SMARTS) is 1. The third-order valence-corrected chi connectivity index (χ3v) is 2.93. The van der Waals surface area contributed by atoms with Gasteiger partial charge >= 0.3 is 5.97 Å². The quantitative estimate of drug-likeness (QED) is 0.596. The third-order valence-electron chi connectivity index (χ3n) is 2.93. The van der Waals surface area contributed by atoms with E-state index in [-0.39, 0.29) is 18.2 Å². The molecule has 0 aliphatic carbocycles. The van der Waals surface area contributed by atoms with Crippen LogP contribution in [-0.4, -0.2) is 35.3 Å². The third kappa shape index (κ3) is 3.41. The lowest BCUT2D eigenvalue weighted by Crippen LogP contribution is -2.33. The summed E-state index contributed by atoms with van der Waals surface area (Å²) < 4.78 is 5.22. The predicted octanol–water partition coefficient (Wildman–Crippen LogP) is 1.42. The van der Waals surface area contributed by atoms with Gasteiger partial charge in [0.2, 0.25) is 0 Å². The van der Waals surface area contributed by atoms with Gasteiger partial charge in [-0.15, -0.1) is 0 Å². The van der Waals surface area contributed by atoms with Crippen molar-refractivity contribution < 1.29 is 19.6 Å². The predicted molar refractivity (Wildman–Crippen MR) is 67.3 cm³/mol. The molecule has 0 radical (unpaired) electrons. The highest BCUT2D eigenvalue weighted by molar-refractivity contribution is 5.72. The van der Waals surface area contributed by atoms with Crippen molar-refractivity contribution in [2.75, 3.05) is 18.5 Å². The first-order valence-corrected chi connectivity index (χ1v) is 5.91. The molecular weight excluding hydrogens is 252 g/mol. The topological polar surface area (TPSA) is 102 Å². The van der Waals surface area contributed by atoms with E-state index < -0.39 is 10.9 Å². The maximum atomic E-state index is 10.9. The number of ether oxygens (including phenoxy) is 1. The number of nitro benzene ring substituents is 1. The lowest BCUT2D eigenvalue weighted by Gasteiger charge is -2.26. The SMILES string of the molecule is O=C(O)Cc1ccc([N+](=O)[O-])c(NCC2CCO2)c1. The number of nitrogens with zero attached hydrogens (tertiary/aromatic N) is 1. The molecule has 19 heavy (non-hydrogen) atoms. The van der Waals surface area contributed by atoms with Gasteiger partial charge in [0, 0.05) is 19.2 Å². The molecule has 2 rings (SSSR count). The fourth-order valence-electron chi connectivity index (χ4n) is 1.84. The number of nitrogens with one attached hydrogen (secondary N) is 1. The van der Waals surface area contributed by atoms with Gasteiger partial charge in [-0.3, -0.25) is 14.9 Å². The summed E-state index contributed by atoms with van der Waals surface area (Å²) in [7, 11) is 0. The average Bonchev–Trinajstić information content (AvgIpc) is 2.25. The monoisotopic (exact) mass is 266 g/mol. The van der Waals surface area contributed by atoms with Crippen molar-refractivity contribution in [3.05, 3.63) is 33.9 Å². The van der Waals surface area contributed by atoms with E-state index in [0.717, 1.165) is 6.42 Å². The molecule has 1 aromatic rings. The van der Waals surface area contributed by atoms with E-state index >= 15 is 0 Å². The van der Waals surface area contributed by atoms with Gasteiger partial charge in [0.05, 0.1) is 17.4 Å². The van der Waals surface area contributed by atoms with Crippen LogP contribution in [0.4, 0.5) is 11.4 Å². The summed E-state index contributed by atoms with van der Waals surface area (Å²) in [4.78, 5) is 21.1. The Balaban J connectivity index is 2.14. The highest BCUT2D eigenvalue weighted by Gasteiger charge is 2.20. The molecule has 1 atom stereocenters. The molecule has 1 aliphatic heterocycles. The number of anilines is 1. The summed E-state index contributed by atoms with van der Waals surface area (Å²) in [5.41, 5.74) is 0.794. The van der Waals surface area contributed by atoms with Crippen molar-refractivity contribution in [1.82, 2.24) is 0 Å². The molecule has 7 nitrogen and oxygen atoms in total. The van der Waals surface area contributed by atoms with Gasteiger partial charge in [-0.2, -0.15) is 0 Å². The summed E-state index contributed by atoms with van der Waals surface area (Å²) in [6, 6.07) is 4.28. The van der Waals surface area contributed by atoms with Crippen LogP contribution in [0.3, 0.4) is 0 Å². The molecule has 2 N–H and O–H groups in total. The van der Waals surface area contributed by atoms with Crippen LogP contribution in [0.2, 0.25) is 0 Å². The Labute approximate surface area is 109 Å². The number of nitro groups is 1. The Hall–Kier alpha value is -2.15. The smallest absolute Gasteiger partial charge is 0.307 e. The number of carboxylic acids is 1. The first kappa shape index (κ1) is 13.3. The second-order valence-electron chi connectivity index (χ2n) is 4.34. The number of benzene rings is 1. The molecule has 1 unspecified atom stereocenters. The van der Waals surface area contributed by atoms with Crippen LogP contribution in [0.5, 0.6) is 0 Å². The maximum Gasteiger partial charge on any atom is 0.307 e. The van der Waals surface area contributed by atoms with Gasteiger partial charge in [0.25, 0.3) is 5.69 Å². The summed E-state index contributed by atoms with van der Waals surface area (Å²) in [6.45, 7) is 1.20. The van der Waals surface area contributed by atoms with Crippen molar-refractivity contribution in [3.8, 4) is 0 Å². The highest BCUT2D eigenvalue weighted by Crippen LogP contribution is 2.26. The normalized spacial score (nSPS) is 17.6. The molecule has 0 bridgehead atoms. The van der Waals surface area contributed by atoms with Crippen LogP contribution < -0.4 is 5.32 Å². The fourth-order valence-corrected chi connectivity index (χ4v) is 1.84. The van der Waals surface area contributed by atoms with Crippen molar-refractivity contribution in [3.63, 3.8) is 0 Å². The van der Waals surface area contributed by atoms with Crippen molar-refractivity contribution in [1.29, 1.82) is 0 Å². The molecule has 1 aromatic carbocycles. The van der Waals surface area contributed by atoms with E-state index in [2.05, 4.69) is 5.32 Å². The molecule has 1 saturated heterocycles. The number of aliphatic carboxylic acids is 1. The van der Waals surface area contributed by atoms with Crippen molar-refractivity contribution in [2.24, 2.45) is 0 Å². The summed E-state index contributed by atoms with van der Waals surface area (Å²) in [6.07, 6.45) is 0.838. The highest BCUT2D eigenvalue weighted by atomic mass is 16.6. The largest absolute Gasteiger partial charge is 0.481 e. The molecule has 1 aliphatic rings. The number of hydrogen-bond acceptors (Lipinski definition) is 5. The number of carbonyl (C=O) groups is 1. The van der Waals surface area contributed by atoms with E-state index in [1.165, 1.54) is 18.2 Å². The van der Waals surface area contributed by atoms with Crippen LogP contribution in [0.1, 0.15) is 12.0 Å². The summed E-state index contributed by atoms with van der Waals surface area (Å²) in [5, 5.41) is 22.6. The van der Waals surface area contributed by atoms with Crippen LogP contribution in [-0.2, 0) is 16.0 Å². The lowest BCUT2D eigenvalue weighted by molar-refractivity contribution is -0.384. The molecule has 0 spiro atoms. The van der Waals surface area contributed by atoms with E-state index in [1.807, 2.05) is 0 Å². The molecule has 1 heterocycles. The molecule has 7 heteroatoms. The Kier molecular flexibility index (Phi) is 3.96. The fraction of sp³-hybridized carbons (Fsp3) is 0.417. The molecule has 0 aromatic heterocycles. The Morgan fingerprint density at radius 3 is 2.84 bits per heavy atom. The van der Waals surface area contributed by atoms with Gasteiger partial charge in [-0.25, -0.2) is 0 Å². The first-order chi connectivity index (χ1) is 9.06. The van der Waals surface area contributed by atoms with Crippen LogP contribution in [0, 0.1) is 10.1 Å². The van der Waals surface area contributed by atoms with Crippen LogP contribution >= 0.6 is 0 Å². The molecule has 0 saturated carbocycles. The minimum absolute atomic E-state index is 0.0616. The second-order valence-corrected chi connectivity index (χ2v) is 4.34. The van der Waals surface area contributed by atoms with Gasteiger partial charge in [-0.1, -0.05) is 6.07 Å². The zero-order chi connectivity index (χ0) is 13.8. The first-order valence-electron chi connectivity index (χ1n) is 5.91. The molecule has 102 valence electrons. The van der Waals surface area contributed by atoms with Gasteiger partial charge < -0.3 is 15.2 Å². The lowest BCUT2D eigenvalue weighted by atomic mass is 10.1. The van der Waals surface area contributed by atoms with Crippen LogP contribution in [0.15, 0.2) is 18.2 Å². The van der Waals surface area contributed by atoms with Gasteiger partial charge in [0.1, 0.15) is 5.69 Å². The maximum absolute atomic E-state index is 10.9. The second kappa shape index (κ2) is 5.66. The van der Waals surface area contributed by atoms with E-state index in [9.17, 15) is 14.9 Å². The molecule has 0 amide bonds. The summed E-state index contributed by atoms with van der Waals surface area (Å²) in [5.74, 6) is -0.970. The van der Waals surface area contributed by atoms with E-state index in [0.29, 0.717) is 24.4 Å². The summed E-state index contributed by atoms with van der Waals surface area (Å²) >= 11 is 0. The van der Waals surface area contributed by atoms with Crippen molar-refractivity contribution >= 4 is 17.3 Å².